The minimum atomic E-state index is -0.520. The standard InChI is InChI=1S/C11H12O4/c1-2-14-11(13)8-6-10-7(3-4-15-10)5-9(8)12/h5-6,12H,2-4H2,1H3. The highest BCUT2D eigenvalue weighted by Gasteiger charge is 2.19. The van der Waals surface area contributed by atoms with Gasteiger partial charge in [-0.1, -0.05) is 0 Å². The number of benzene rings is 1. The van der Waals surface area contributed by atoms with Crippen molar-refractivity contribution >= 4 is 5.97 Å². The molecule has 0 fully saturated rings. The first-order valence-corrected chi connectivity index (χ1v) is 4.88. The van der Waals surface area contributed by atoms with Crippen LogP contribution < -0.4 is 4.74 Å². The van der Waals surface area contributed by atoms with Crippen LogP contribution in [0, 0.1) is 0 Å². The lowest BCUT2D eigenvalue weighted by molar-refractivity contribution is 0.0522. The van der Waals surface area contributed by atoms with E-state index >= 15 is 0 Å². The molecule has 0 aromatic heterocycles. The molecule has 0 spiro atoms. The van der Waals surface area contributed by atoms with Crippen molar-refractivity contribution in [2.45, 2.75) is 13.3 Å². The molecule has 0 saturated heterocycles. The number of phenolic OH excluding ortho intramolecular Hbond substituents is 1. The van der Waals surface area contributed by atoms with Crippen LogP contribution in [-0.4, -0.2) is 24.3 Å². The van der Waals surface area contributed by atoms with Crippen molar-refractivity contribution in [2.75, 3.05) is 13.2 Å². The van der Waals surface area contributed by atoms with E-state index in [1.807, 2.05) is 0 Å². The summed E-state index contributed by atoms with van der Waals surface area (Å²) in [5.41, 5.74) is 1.10. The lowest BCUT2D eigenvalue weighted by atomic mass is 10.1. The minimum absolute atomic E-state index is 0.0438. The molecule has 15 heavy (non-hydrogen) atoms. The zero-order valence-corrected chi connectivity index (χ0v) is 8.45. The first-order chi connectivity index (χ1) is 7.22. The summed E-state index contributed by atoms with van der Waals surface area (Å²) >= 11 is 0. The molecule has 80 valence electrons. The number of hydrogen-bond donors (Lipinski definition) is 1. The number of carbonyl (C=O) groups is 1. The maximum Gasteiger partial charge on any atom is 0.342 e. The maximum atomic E-state index is 11.4. The number of rotatable bonds is 2. The number of aromatic hydroxyl groups is 1. The number of hydrogen-bond acceptors (Lipinski definition) is 4. The number of carbonyl (C=O) groups excluding carboxylic acids is 1. The van der Waals surface area contributed by atoms with Crippen LogP contribution in [0.1, 0.15) is 22.8 Å². The summed E-state index contributed by atoms with van der Waals surface area (Å²) in [6.07, 6.45) is 0.770. The Kier molecular flexibility index (Phi) is 2.49. The van der Waals surface area contributed by atoms with Crippen molar-refractivity contribution in [1.82, 2.24) is 0 Å². The van der Waals surface area contributed by atoms with E-state index in [1.165, 1.54) is 6.07 Å². The third kappa shape index (κ3) is 1.75. The van der Waals surface area contributed by atoms with E-state index < -0.39 is 5.97 Å². The molecule has 0 aliphatic carbocycles. The predicted molar refractivity (Wildman–Crippen MR) is 53.3 cm³/mol. The van der Waals surface area contributed by atoms with Crippen molar-refractivity contribution in [3.63, 3.8) is 0 Å². The fourth-order valence-electron chi connectivity index (χ4n) is 1.58. The molecule has 2 rings (SSSR count). The number of fused-ring (bicyclic) bond motifs is 1. The summed E-state index contributed by atoms with van der Waals surface area (Å²) in [7, 11) is 0. The van der Waals surface area contributed by atoms with Gasteiger partial charge in [0.15, 0.2) is 0 Å². The van der Waals surface area contributed by atoms with Gasteiger partial charge in [-0.25, -0.2) is 4.79 Å². The summed E-state index contributed by atoms with van der Waals surface area (Å²) in [5, 5.41) is 9.62. The Balaban J connectivity index is 2.36. The SMILES string of the molecule is CCOC(=O)c1cc2c(cc1O)CCO2. The lowest BCUT2D eigenvalue weighted by Gasteiger charge is -2.06. The van der Waals surface area contributed by atoms with Gasteiger partial charge in [-0.05, 0) is 19.1 Å². The first-order valence-electron chi connectivity index (χ1n) is 4.88. The van der Waals surface area contributed by atoms with E-state index in [2.05, 4.69) is 0 Å². The van der Waals surface area contributed by atoms with Gasteiger partial charge in [-0.2, -0.15) is 0 Å². The molecule has 0 unspecified atom stereocenters. The van der Waals surface area contributed by atoms with Gasteiger partial charge in [-0.15, -0.1) is 0 Å². The smallest absolute Gasteiger partial charge is 0.342 e. The fraction of sp³-hybridized carbons (Fsp3) is 0.364. The van der Waals surface area contributed by atoms with Gasteiger partial charge < -0.3 is 14.6 Å². The maximum absolute atomic E-state index is 11.4. The van der Waals surface area contributed by atoms with Gasteiger partial charge in [0.1, 0.15) is 17.1 Å². The summed E-state index contributed by atoms with van der Waals surface area (Å²) in [4.78, 5) is 11.4. The molecule has 1 aliphatic rings. The second-order valence-electron chi connectivity index (χ2n) is 3.30. The van der Waals surface area contributed by atoms with Crippen LogP contribution >= 0.6 is 0 Å². The van der Waals surface area contributed by atoms with Crippen LogP contribution in [0.4, 0.5) is 0 Å². The number of phenols is 1. The van der Waals surface area contributed by atoms with E-state index in [0.29, 0.717) is 12.4 Å². The fourth-order valence-corrected chi connectivity index (χ4v) is 1.58. The summed E-state index contributed by atoms with van der Waals surface area (Å²) in [6, 6.07) is 3.10. The summed E-state index contributed by atoms with van der Waals surface area (Å²) in [6.45, 7) is 2.61. The first kappa shape index (κ1) is 9.83. The molecule has 1 aromatic carbocycles. The Labute approximate surface area is 87.4 Å². The quantitative estimate of drug-likeness (QED) is 0.748. The molecular weight excluding hydrogens is 196 g/mol. The molecule has 1 N–H and O–H groups in total. The van der Waals surface area contributed by atoms with Crippen molar-refractivity contribution < 1.29 is 19.4 Å². The van der Waals surface area contributed by atoms with Crippen LogP contribution in [0.15, 0.2) is 12.1 Å². The van der Waals surface area contributed by atoms with Gasteiger partial charge >= 0.3 is 5.97 Å². The molecule has 0 saturated carbocycles. The van der Waals surface area contributed by atoms with Crippen molar-refractivity contribution in [3.05, 3.63) is 23.3 Å². The minimum Gasteiger partial charge on any atom is -0.507 e. The largest absolute Gasteiger partial charge is 0.507 e. The Morgan fingerprint density at radius 3 is 3.13 bits per heavy atom. The van der Waals surface area contributed by atoms with E-state index in [9.17, 15) is 9.90 Å². The van der Waals surface area contributed by atoms with Gasteiger partial charge in [0.05, 0.1) is 13.2 Å². The zero-order valence-electron chi connectivity index (χ0n) is 8.45. The van der Waals surface area contributed by atoms with Crippen LogP contribution in [0.25, 0.3) is 0 Å². The Hall–Kier alpha value is -1.71. The molecule has 4 nitrogen and oxygen atoms in total. The third-order valence-corrected chi connectivity index (χ3v) is 2.30. The number of esters is 1. The highest BCUT2D eigenvalue weighted by atomic mass is 16.5. The highest BCUT2D eigenvalue weighted by Crippen LogP contribution is 2.32. The van der Waals surface area contributed by atoms with Gasteiger partial charge in [0, 0.05) is 12.0 Å². The van der Waals surface area contributed by atoms with Crippen LogP contribution in [0.3, 0.4) is 0 Å². The van der Waals surface area contributed by atoms with E-state index in [-0.39, 0.29) is 17.9 Å². The summed E-state index contributed by atoms with van der Waals surface area (Å²) in [5.74, 6) is 0.0989. The van der Waals surface area contributed by atoms with Gasteiger partial charge in [0.2, 0.25) is 0 Å². The molecule has 0 bridgehead atoms. The van der Waals surface area contributed by atoms with Crippen LogP contribution in [0.5, 0.6) is 11.5 Å². The van der Waals surface area contributed by atoms with Crippen molar-refractivity contribution in [3.8, 4) is 11.5 Å². The Morgan fingerprint density at radius 2 is 2.40 bits per heavy atom. The predicted octanol–water partition coefficient (Wildman–Crippen LogP) is 1.50. The lowest BCUT2D eigenvalue weighted by Crippen LogP contribution is -2.05. The van der Waals surface area contributed by atoms with E-state index in [1.54, 1.807) is 13.0 Å². The van der Waals surface area contributed by atoms with Crippen molar-refractivity contribution in [1.29, 1.82) is 0 Å². The Morgan fingerprint density at radius 1 is 1.60 bits per heavy atom. The Bertz CT molecular complexity index is 398. The van der Waals surface area contributed by atoms with Gasteiger partial charge in [0.25, 0.3) is 0 Å². The molecule has 1 heterocycles. The van der Waals surface area contributed by atoms with Gasteiger partial charge in [-0.3, -0.25) is 0 Å². The molecule has 1 aliphatic heterocycles. The topological polar surface area (TPSA) is 55.8 Å². The summed E-state index contributed by atoms with van der Waals surface area (Å²) < 4.78 is 10.1. The molecular formula is C11H12O4. The molecule has 4 heteroatoms. The van der Waals surface area contributed by atoms with E-state index in [0.717, 1.165) is 12.0 Å². The van der Waals surface area contributed by atoms with E-state index in [4.69, 9.17) is 9.47 Å². The molecule has 1 aromatic rings. The average Bonchev–Trinajstić information content (AvgIpc) is 2.63. The normalized spacial score (nSPS) is 13.1. The molecule has 0 atom stereocenters. The van der Waals surface area contributed by atoms with Crippen LogP contribution in [0.2, 0.25) is 0 Å². The molecule has 0 radical (unpaired) electrons. The van der Waals surface area contributed by atoms with Crippen LogP contribution in [-0.2, 0) is 11.2 Å². The second kappa shape index (κ2) is 3.81. The second-order valence-corrected chi connectivity index (χ2v) is 3.30. The average molecular weight is 208 g/mol. The highest BCUT2D eigenvalue weighted by molar-refractivity contribution is 5.93. The monoisotopic (exact) mass is 208 g/mol. The number of ether oxygens (including phenoxy) is 2. The van der Waals surface area contributed by atoms with Crippen molar-refractivity contribution in [2.24, 2.45) is 0 Å². The zero-order chi connectivity index (χ0) is 10.8. The molecule has 0 amide bonds. The third-order valence-electron chi connectivity index (χ3n) is 2.30.